The number of hydrazine groups is 1. The second kappa shape index (κ2) is 10.4. The van der Waals surface area contributed by atoms with Crippen molar-refractivity contribution in [2.45, 2.75) is 64.2 Å². The molecule has 9 heteroatoms. The molecule has 0 radical (unpaired) electrons. The Hall–Kier alpha value is -3.17. The quantitative estimate of drug-likeness (QED) is 0.536. The molecule has 1 aromatic carbocycles. The van der Waals surface area contributed by atoms with Crippen molar-refractivity contribution in [2.24, 2.45) is 22.2 Å². The van der Waals surface area contributed by atoms with Gasteiger partial charge in [-0.25, -0.2) is 4.99 Å². The van der Waals surface area contributed by atoms with Crippen molar-refractivity contribution >= 4 is 17.7 Å². The van der Waals surface area contributed by atoms with E-state index in [-0.39, 0.29) is 17.9 Å². The summed E-state index contributed by atoms with van der Waals surface area (Å²) in [5.74, 6) is 0.627. The average Bonchev–Trinajstić information content (AvgIpc) is 3.48. The summed E-state index contributed by atoms with van der Waals surface area (Å²) in [6.45, 7) is 7.88. The molecule has 3 N–H and O–H groups in total. The van der Waals surface area contributed by atoms with Crippen LogP contribution in [0.1, 0.15) is 46.0 Å². The average molecular weight is 533 g/mol. The second-order valence-corrected chi connectivity index (χ2v) is 12.4. The van der Waals surface area contributed by atoms with Gasteiger partial charge >= 0.3 is 5.97 Å². The van der Waals surface area contributed by atoms with E-state index in [0.717, 1.165) is 50.2 Å². The summed E-state index contributed by atoms with van der Waals surface area (Å²) in [6, 6.07) is 12.8. The number of fused-ring (bicyclic) bond motifs is 1. The van der Waals surface area contributed by atoms with Crippen molar-refractivity contribution in [3.63, 3.8) is 0 Å². The molecule has 2 saturated heterocycles. The maximum atomic E-state index is 12.9. The number of benzene rings is 1. The lowest BCUT2D eigenvalue weighted by atomic mass is 9.51. The Morgan fingerprint density at radius 3 is 2.31 bits per heavy atom. The molecule has 4 aliphatic heterocycles. The summed E-state index contributed by atoms with van der Waals surface area (Å²) in [7, 11) is 0. The van der Waals surface area contributed by atoms with Gasteiger partial charge in [-0.15, -0.1) is 0 Å². The number of aliphatic carboxylic acids is 1. The molecule has 2 atom stereocenters. The topological polar surface area (TPSA) is 101 Å². The minimum Gasteiger partial charge on any atom is -0.481 e. The number of carboxylic acid groups (broad SMARTS) is 1. The van der Waals surface area contributed by atoms with Crippen molar-refractivity contribution in [1.82, 2.24) is 25.6 Å². The zero-order valence-electron chi connectivity index (χ0n) is 22.9. The molecule has 1 spiro atoms. The van der Waals surface area contributed by atoms with Crippen LogP contribution in [-0.4, -0.2) is 82.1 Å². The van der Waals surface area contributed by atoms with Crippen molar-refractivity contribution in [2.75, 3.05) is 26.2 Å². The van der Waals surface area contributed by atoms with Crippen LogP contribution >= 0.6 is 0 Å². The first kappa shape index (κ1) is 26.1. The van der Waals surface area contributed by atoms with Crippen molar-refractivity contribution in [3.8, 4) is 0 Å². The van der Waals surface area contributed by atoms with Crippen LogP contribution in [0.3, 0.4) is 0 Å². The van der Waals surface area contributed by atoms with E-state index >= 15 is 0 Å². The molecule has 208 valence electrons. The molecule has 39 heavy (non-hydrogen) atoms. The van der Waals surface area contributed by atoms with Gasteiger partial charge in [-0.2, -0.15) is 5.43 Å². The smallest absolute Gasteiger partial charge is 0.309 e. The number of amides is 1. The Balaban J connectivity index is 0.000000410. The summed E-state index contributed by atoms with van der Waals surface area (Å²) in [6.07, 6.45) is 9.18. The fourth-order valence-electron chi connectivity index (χ4n) is 6.96. The Kier molecular flexibility index (Phi) is 6.97. The molecule has 6 aliphatic rings. The van der Waals surface area contributed by atoms with E-state index in [4.69, 9.17) is 5.11 Å². The minimum absolute atomic E-state index is 0.0581. The van der Waals surface area contributed by atoms with E-state index in [1.165, 1.54) is 12.1 Å². The third-order valence-corrected chi connectivity index (χ3v) is 9.24. The molecule has 2 unspecified atom stereocenters. The molecule has 1 aromatic rings. The first-order valence-corrected chi connectivity index (χ1v) is 14.3. The van der Waals surface area contributed by atoms with Crippen LogP contribution in [0, 0.1) is 17.3 Å². The molecule has 4 fully saturated rings. The highest BCUT2D eigenvalue weighted by Gasteiger charge is 2.56. The van der Waals surface area contributed by atoms with Gasteiger partial charge in [0.15, 0.2) is 6.17 Å². The standard InChI is InChI=1S/C24H34N6O3.C6H6/c1-14-3-4-28(10-14)18-5-15(2)21-26-20(27-30(21)13-18)22(31)25-17-6-24(7-17)8-19(9-24)29-11-16(12-29)23(32)33;1-2-4-6-5-3-1/h5,13-14,16-17,19-20,27H,3-4,6-12H2,1-2H3,(H,25,31)(H,32,33);1-6H. The number of carbonyl (C=O) groups excluding carboxylic acids is 1. The van der Waals surface area contributed by atoms with Crippen LogP contribution in [0.15, 0.2) is 64.9 Å². The predicted octanol–water partition coefficient (Wildman–Crippen LogP) is 2.80. The van der Waals surface area contributed by atoms with Crippen LogP contribution in [0.5, 0.6) is 0 Å². The zero-order valence-corrected chi connectivity index (χ0v) is 22.9. The van der Waals surface area contributed by atoms with Gasteiger partial charge in [0.2, 0.25) is 0 Å². The molecule has 2 saturated carbocycles. The van der Waals surface area contributed by atoms with Crippen LogP contribution < -0.4 is 10.7 Å². The van der Waals surface area contributed by atoms with Crippen LogP contribution in [-0.2, 0) is 9.59 Å². The summed E-state index contributed by atoms with van der Waals surface area (Å²) in [5, 5.41) is 14.2. The number of carboxylic acids is 1. The van der Waals surface area contributed by atoms with E-state index in [2.05, 4.69) is 51.7 Å². The summed E-state index contributed by atoms with van der Waals surface area (Å²) in [5.41, 5.74) is 5.87. The number of carbonyl (C=O) groups is 2. The number of nitrogens with one attached hydrogen (secondary N) is 2. The van der Waals surface area contributed by atoms with E-state index in [9.17, 15) is 9.59 Å². The first-order chi connectivity index (χ1) is 18.8. The number of aliphatic imine (C=N–C) groups is 1. The predicted molar refractivity (Wildman–Crippen MR) is 149 cm³/mol. The largest absolute Gasteiger partial charge is 0.481 e. The lowest BCUT2D eigenvalue weighted by molar-refractivity contribution is -0.155. The van der Waals surface area contributed by atoms with Crippen molar-refractivity contribution < 1.29 is 14.7 Å². The number of hydrogen-bond acceptors (Lipinski definition) is 7. The fraction of sp³-hybridized carbons (Fsp3) is 0.567. The molecular formula is C30H40N6O3. The summed E-state index contributed by atoms with van der Waals surface area (Å²) >= 11 is 0. The molecule has 2 aliphatic carbocycles. The van der Waals surface area contributed by atoms with Crippen LogP contribution in [0.2, 0.25) is 0 Å². The minimum atomic E-state index is -0.671. The number of hydrogen-bond donors (Lipinski definition) is 3. The van der Waals surface area contributed by atoms with Crippen molar-refractivity contribution in [1.29, 1.82) is 0 Å². The van der Waals surface area contributed by atoms with E-state index in [1.54, 1.807) is 0 Å². The van der Waals surface area contributed by atoms with Crippen molar-refractivity contribution in [3.05, 3.63) is 59.9 Å². The number of amidine groups is 1. The molecule has 0 aromatic heterocycles. The number of likely N-dealkylation sites (tertiary alicyclic amines) is 2. The fourth-order valence-corrected chi connectivity index (χ4v) is 6.96. The number of nitrogens with zero attached hydrogens (tertiary/aromatic N) is 4. The number of allylic oxidation sites excluding steroid dienone is 1. The van der Waals surface area contributed by atoms with Gasteiger partial charge in [0, 0.05) is 44.5 Å². The monoisotopic (exact) mass is 532 g/mol. The molecule has 0 bridgehead atoms. The Bertz CT molecular complexity index is 1150. The lowest BCUT2D eigenvalue weighted by Gasteiger charge is -2.62. The van der Waals surface area contributed by atoms with Gasteiger partial charge in [0.1, 0.15) is 5.84 Å². The van der Waals surface area contributed by atoms with Gasteiger partial charge < -0.3 is 15.3 Å². The Morgan fingerprint density at radius 2 is 1.72 bits per heavy atom. The van der Waals surface area contributed by atoms with Crippen LogP contribution in [0.25, 0.3) is 0 Å². The van der Waals surface area contributed by atoms with Crippen LogP contribution in [0.4, 0.5) is 0 Å². The lowest BCUT2D eigenvalue weighted by Crippen LogP contribution is -2.66. The van der Waals surface area contributed by atoms with Gasteiger partial charge in [-0.3, -0.25) is 19.5 Å². The SMILES string of the molecule is CC1=CC(N2CCC(C)C2)=CN2NC(C(=O)NC3CC4(C3)CC(N3CC(C(=O)O)C3)C4)N=C12.c1ccccc1. The van der Waals surface area contributed by atoms with E-state index in [1.807, 2.05) is 41.4 Å². The van der Waals surface area contributed by atoms with Gasteiger partial charge in [0.25, 0.3) is 5.91 Å². The molecule has 9 nitrogen and oxygen atoms in total. The molecule has 4 heterocycles. The Morgan fingerprint density at radius 1 is 1.05 bits per heavy atom. The highest BCUT2D eigenvalue weighted by atomic mass is 16.4. The maximum Gasteiger partial charge on any atom is 0.309 e. The first-order valence-electron chi connectivity index (χ1n) is 14.3. The molecular weight excluding hydrogens is 492 g/mol. The maximum absolute atomic E-state index is 12.9. The molecule has 1 amide bonds. The van der Waals surface area contributed by atoms with E-state index in [0.29, 0.717) is 30.5 Å². The van der Waals surface area contributed by atoms with Gasteiger partial charge in [0.05, 0.1) is 11.6 Å². The third kappa shape index (κ3) is 5.34. The van der Waals surface area contributed by atoms with Gasteiger partial charge in [-0.05, 0) is 62.0 Å². The van der Waals surface area contributed by atoms with Gasteiger partial charge in [-0.1, -0.05) is 43.3 Å². The normalized spacial score (nSPS) is 33.4. The van der Waals surface area contributed by atoms with E-state index < -0.39 is 12.1 Å². The molecule has 7 rings (SSSR count). The Labute approximate surface area is 230 Å². The summed E-state index contributed by atoms with van der Waals surface area (Å²) < 4.78 is 0. The zero-order chi connectivity index (χ0) is 27.1. The summed E-state index contributed by atoms with van der Waals surface area (Å²) in [4.78, 5) is 33.3. The second-order valence-electron chi connectivity index (χ2n) is 12.4. The number of rotatable bonds is 5. The highest BCUT2D eigenvalue weighted by molar-refractivity contribution is 6.03. The highest BCUT2D eigenvalue weighted by Crippen LogP contribution is 2.58. The third-order valence-electron chi connectivity index (χ3n) is 9.24.